The highest BCUT2D eigenvalue weighted by Gasteiger charge is 2.19. The van der Waals surface area contributed by atoms with Gasteiger partial charge in [0.2, 0.25) is 0 Å². The van der Waals surface area contributed by atoms with Gasteiger partial charge < -0.3 is 9.47 Å². The van der Waals surface area contributed by atoms with Crippen LogP contribution in [0.15, 0.2) is 16.6 Å². The molecule has 0 saturated heterocycles. The quantitative estimate of drug-likeness (QED) is 0.621. The van der Waals surface area contributed by atoms with Crippen molar-refractivity contribution in [1.82, 2.24) is 5.43 Å². The van der Waals surface area contributed by atoms with Crippen LogP contribution in [0.2, 0.25) is 0 Å². The predicted octanol–water partition coefficient (Wildman–Crippen LogP) is 1.79. The van der Waals surface area contributed by atoms with Gasteiger partial charge in [-0.05, 0) is 36.6 Å². The third kappa shape index (κ3) is 3.23. The fourth-order valence-corrected chi connectivity index (χ4v) is 2.74. The lowest BCUT2D eigenvalue weighted by Crippen LogP contribution is -2.40. The first-order chi connectivity index (χ1) is 8.74. The molecule has 2 rings (SSSR count). The number of ether oxygens (including phenoxy) is 2. The van der Waals surface area contributed by atoms with E-state index in [0.717, 1.165) is 29.7 Å². The molecule has 0 bridgehead atoms. The zero-order valence-electron chi connectivity index (χ0n) is 10.5. The molecule has 4 nitrogen and oxygen atoms in total. The molecule has 1 atom stereocenters. The van der Waals surface area contributed by atoms with Gasteiger partial charge in [0, 0.05) is 23.5 Å². The highest BCUT2D eigenvalue weighted by molar-refractivity contribution is 9.10. The van der Waals surface area contributed by atoms with Crippen LogP contribution in [-0.4, -0.2) is 25.9 Å². The molecule has 0 amide bonds. The summed E-state index contributed by atoms with van der Waals surface area (Å²) in [5.41, 5.74) is 5.25. The average molecular weight is 315 g/mol. The van der Waals surface area contributed by atoms with Crippen molar-refractivity contribution in [1.29, 1.82) is 0 Å². The van der Waals surface area contributed by atoms with Crippen LogP contribution in [-0.2, 0) is 17.6 Å². The predicted molar refractivity (Wildman–Crippen MR) is 74.6 cm³/mol. The molecular formula is C13H19BrN2O2. The molecule has 1 aromatic rings. The number of hydrogen-bond acceptors (Lipinski definition) is 4. The third-order valence-electron chi connectivity index (χ3n) is 3.05. The zero-order chi connectivity index (χ0) is 13.0. The van der Waals surface area contributed by atoms with Crippen LogP contribution in [0, 0.1) is 0 Å². The molecule has 0 saturated carbocycles. The largest absolute Gasteiger partial charge is 0.493 e. The molecule has 1 aliphatic heterocycles. The van der Waals surface area contributed by atoms with Gasteiger partial charge in [0.25, 0.3) is 0 Å². The molecule has 0 spiro atoms. The van der Waals surface area contributed by atoms with Crippen molar-refractivity contribution in [3.63, 3.8) is 0 Å². The van der Waals surface area contributed by atoms with Crippen LogP contribution in [0.5, 0.6) is 5.75 Å². The van der Waals surface area contributed by atoms with E-state index in [2.05, 4.69) is 33.5 Å². The van der Waals surface area contributed by atoms with Gasteiger partial charge >= 0.3 is 0 Å². The molecule has 5 heteroatoms. The summed E-state index contributed by atoms with van der Waals surface area (Å²) in [6, 6.07) is 4.33. The summed E-state index contributed by atoms with van der Waals surface area (Å²) in [6.07, 6.45) is 1.78. The summed E-state index contributed by atoms with van der Waals surface area (Å²) in [4.78, 5) is 0. The van der Waals surface area contributed by atoms with Gasteiger partial charge in [-0.15, -0.1) is 0 Å². The van der Waals surface area contributed by atoms with E-state index < -0.39 is 0 Å². The second kappa shape index (κ2) is 6.52. The van der Waals surface area contributed by atoms with Gasteiger partial charge in [-0.2, -0.15) is 0 Å². The highest BCUT2D eigenvalue weighted by atomic mass is 79.9. The lowest BCUT2D eigenvalue weighted by atomic mass is 10.0. The molecule has 0 radical (unpaired) electrons. The number of hydrogen-bond donors (Lipinski definition) is 2. The Kier molecular flexibility index (Phi) is 5.00. The second-order valence-electron chi connectivity index (χ2n) is 4.38. The van der Waals surface area contributed by atoms with Gasteiger partial charge in [0.1, 0.15) is 5.75 Å². The number of halogens is 1. The van der Waals surface area contributed by atoms with Gasteiger partial charge in [-0.3, -0.25) is 11.3 Å². The minimum atomic E-state index is 0.104. The standard InChI is InChI=1S/C13H19BrN2O2/c1-2-17-8-12(16-15)7-10-6-11(14)5-9-3-4-18-13(9)10/h5-6,12,16H,2-4,7-8,15H2,1H3. The Labute approximate surface area is 116 Å². The van der Waals surface area contributed by atoms with E-state index >= 15 is 0 Å². The Bertz CT molecular complexity index is 412. The van der Waals surface area contributed by atoms with Crippen molar-refractivity contribution in [2.75, 3.05) is 19.8 Å². The normalized spacial score (nSPS) is 15.3. The summed E-state index contributed by atoms with van der Waals surface area (Å²) in [7, 11) is 0. The van der Waals surface area contributed by atoms with E-state index in [1.807, 2.05) is 6.92 Å². The summed E-state index contributed by atoms with van der Waals surface area (Å²) < 4.78 is 12.2. The first kappa shape index (κ1) is 13.8. The van der Waals surface area contributed by atoms with Crippen LogP contribution in [0.1, 0.15) is 18.1 Å². The van der Waals surface area contributed by atoms with Crippen molar-refractivity contribution in [3.8, 4) is 5.75 Å². The molecule has 1 unspecified atom stereocenters. The number of benzene rings is 1. The maximum Gasteiger partial charge on any atom is 0.125 e. The second-order valence-corrected chi connectivity index (χ2v) is 5.29. The monoisotopic (exact) mass is 314 g/mol. The number of fused-ring (bicyclic) bond motifs is 1. The third-order valence-corrected chi connectivity index (χ3v) is 3.51. The Balaban J connectivity index is 2.12. The van der Waals surface area contributed by atoms with Gasteiger partial charge in [0.05, 0.1) is 13.2 Å². The van der Waals surface area contributed by atoms with Crippen LogP contribution < -0.4 is 16.0 Å². The van der Waals surface area contributed by atoms with Gasteiger partial charge in [-0.1, -0.05) is 15.9 Å². The van der Waals surface area contributed by atoms with Crippen LogP contribution in [0.3, 0.4) is 0 Å². The van der Waals surface area contributed by atoms with E-state index in [1.165, 1.54) is 11.1 Å². The molecule has 18 heavy (non-hydrogen) atoms. The van der Waals surface area contributed by atoms with Crippen molar-refractivity contribution in [3.05, 3.63) is 27.7 Å². The Morgan fingerprint density at radius 1 is 1.56 bits per heavy atom. The number of nitrogens with two attached hydrogens (primary N) is 1. The van der Waals surface area contributed by atoms with E-state index in [1.54, 1.807) is 0 Å². The van der Waals surface area contributed by atoms with Gasteiger partial charge in [0.15, 0.2) is 0 Å². The summed E-state index contributed by atoms with van der Waals surface area (Å²) in [6.45, 7) is 4.05. The Morgan fingerprint density at radius 3 is 3.11 bits per heavy atom. The molecule has 1 aromatic carbocycles. The first-order valence-electron chi connectivity index (χ1n) is 6.22. The summed E-state index contributed by atoms with van der Waals surface area (Å²) >= 11 is 3.54. The highest BCUT2D eigenvalue weighted by Crippen LogP contribution is 2.33. The number of hydrazine groups is 1. The SMILES string of the molecule is CCOCC(Cc1cc(Br)cc2c1OCC2)NN. The minimum Gasteiger partial charge on any atom is -0.493 e. The lowest BCUT2D eigenvalue weighted by Gasteiger charge is -2.17. The van der Waals surface area contributed by atoms with Crippen molar-refractivity contribution in [2.45, 2.75) is 25.8 Å². The van der Waals surface area contributed by atoms with E-state index in [9.17, 15) is 0 Å². The van der Waals surface area contributed by atoms with Crippen LogP contribution in [0.25, 0.3) is 0 Å². The van der Waals surface area contributed by atoms with E-state index in [-0.39, 0.29) is 6.04 Å². The Hall–Kier alpha value is -0.620. The maximum absolute atomic E-state index is 5.70. The molecule has 1 heterocycles. The zero-order valence-corrected chi connectivity index (χ0v) is 12.1. The van der Waals surface area contributed by atoms with Crippen molar-refractivity contribution in [2.24, 2.45) is 5.84 Å². The first-order valence-corrected chi connectivity index (χ1v) is 7.01. The fraction of sp³-hybridized carbons (Fsp3) is 0.538. The van der Waals surface area contributed by atoms with E-state index in [0.29, 0.717) is 13.2 Å². The topological polar surface area (TPSA) is 56.5 Å². The van der Waals surface area contributed by atoms with Crippen molar-refractivity contribution < 1.29 is 9.47 Å². The average Bonchev–Trinajstić information content (AvgIpc) is 2.82. The van der Waals surface area contributed by atoms with Crippen LogP contribution in [0.4, 0.5) is 0 Å². The van der Waals surface area contributed by atoms with E-state index in [4.69, 9.17) is 15.3 Å². The summed E-state index contributed by atoms with van der Waals surface area (Å²) in [5, 5.41) is 0. The molecular weight excluding hydrogens is 296 g/mol. The molecule has 3 N–H and O–H groups in total. The molecule has 100 valence electrons. The molecule has 1 aliphatic rings. The maximum atomic E-state index is 5.70. The van der Waals surface area contributed by atoms with Crippen LogP contribution >= 0.6 is 15.9 Å². The van der Waals surface area contributed by atoms with Crippen molar-refractivity contribution >= 4 is 15.9 Å². The molecule has 0 fully saturated rings. The Morgan fingerprint density at radius 2 is 2.39 bits per heavy atom. The molecule has 0 aromatic heterocycles. The number of nitrogens with one attached hydrogen (secondary N) is 1. The minimum absolute atomic E-state index is 0.104. The number of rotatable bonds is 6. The smallest absolute Gasteiger partial charge is 0.125 e. The lowest BCUT2D eigenvalue weighted by molar-refractivity contribution is 0.122. The van der Waals surface area contributed by atoms with Gasteiger partial charge in [-0.25, -0.2) is 0 Å². The fourth-order valence-electron chi connectivity index (χ4n) is 2.19. The molecule has 0 aliphatic carbocycles. The summed E-state index contributed by atoms with van der Waals surface area (Å²) in [5.74, 6) is 6.59.